The summed E-state index contributed by atoms with van der Waals surface area (Å²) in [6, 6.07) is 7.59. The lowest BCUT2D eigenvalue weighted by Gasteiger charge is -2.36. The van der Waals surface area contributed by atoms with Gasteiger partial charge in [-0.3, -0.25) is 0 Å². The monoisotopic (exact) mass is 277 g/mol. The SMILES string of the molecule is NC(=NO)c1cccc(CNC2(CO)CCCCC2)c1. The smallest absolute Gasteiger partial charge is 0.170 e. The van der Waals surface area contributed by atoms with E-state index < -0.39 is 0 Å². The Balaban J connectivity index is 2.03. The van der Waals surface area contributed by atoms with Crippen LogP contribution in [0.4, 0.5) is 0 Å². The number of nitrogens with two attached hydrogens (primary N) is 1. The van der Waals surface area contributed by atoms with E-state index >= 15 is 0 Å². The molecular formula is C15H23N3O2. The first kappa shape index (κ1) is 14.8. The molecule has 0 aromatic heterocycles. The van der Waals surface area contributed by atoms with Gasteiger partial charge < -0.3 is 21.4 Å². The van der Waals surface area contributed by atoms with Gasteiger partial charge in [-0.15, -0.1) is 0 Å². The van der Waals surface area contributed by atoms with E-state index in [9.17, 15) is 5.11 Å². The Bertz CT molecular complexity index is 468. The molecule has 0 spiro atoms. The summed E-state index contributed by atoms with van der Waals surface area (Å²) in [5, 5.41) is 24.9. The molecule has 1 aliphatic rings. The Morgan fingerprint density at radius 3 is 2.70 bits per heavy atom. The highest BCUT2D eigenvalue weighted by Gasteiger charge is 2.30. The number of hydrogen-bond donors (Lipinski definition) is 4. The van der Waals surface area contributed by atoms with Crippen molar-refractivity contribution in [1.29, 1.82) is 0 Å². The number of hydrogen-bond acceptors (Lipinski definition) is 4. The first-order valence-electron chi connectivity index (χ1n) is 7.12. The molecule has 0 heterocycles. The topological polar surface area (TPSA) is 90.9 Å². The van der Waals surface area contributed by atoms with Crippen molar-refractivity contribution in [2.45, 2.75) is 44.2 Å². The van der Waals surface area contributed by atoms with E-state index in [0.717, 1.165) is 31.2 Å². The molecule has 1 fully saturated rings. The maximum absolute atomic E-state index is 9.67. The third-order valence-electron chi connectivity index (χ3n) is 4.11. The zero-order valence-corrected chi connectivity index (χ0v) is 11.7. The van der Waals surface area contributed by atoms with Gasteiger partial charge >= 0.3 is 0 Å². The molecule has 2 rings (SSSR count). The van der Waals surface area contributed by atoms with Crippen molar-refractivity contribution in [2.75, 3.05) is 6.61 Å². The number of aliphatic hydroxyl groups excluding tert-OH is 1. The molecule has 0 amide bonds. The minimum Gasteiger partial charge on any atom is -0.409 e. The summed E-state index contributed by atoms with van der Waals surface area (Å²) in [6.45, 7) is 0.847. The Kier molecular flexibility index (Phi) is 4.98. The van der Waals surface area contributed by atoms with Crippen LogP contribution in [-0.2, 0) is 6.54 Å². The second kappa shape index (κ2) is 6.72. The fraction of sp³-hybridized carbons (Fsp3) is 0.533. The van der Waals surface area contributed by atoms with Gasteiger partial charge in [0.25, 0.3) is 0 Å². The van der Waals surface area contributed by atoms with Crippen molar-refractivity contribution in [1.82, 2.24) is 5.32 Å². The molecule has 0 radical (unpaired) electrons. The summed E-state index contributed by atoms with van der Waals surface area (Å²) in [4.78, 5) is 0. The molecule has 0 saturated heterocycles. The number of nitrogens with zero attached hydrogens (tertiary/aromatic N) is 1. The van der Waals surface area contributed by atoms with E-state index in [1.54, 1.807) is 6.07 Å². The van der Waals surface area contributed by atoms with Crippen LogP contribution in [0.25, 0.3) is 0 Å². The lowest BCUT2D eigenvalue weighted by atomic mass is 9.82. The van der Waals surface area contributed by atoms with Crippen LogP contribution in [0.15, 0.2) is 29.4 Å². The van der Waals surface area contributed by atoms with Crippen LogP contribution in [0.2, 0.25) is 0 Å². The minimum absolute atomic E-state index is 0.112. The van der Waals surface area contributed by atoms with E-state index in [-0.39, 0.29) is 18.0 Å². The highest BCUT2D eigenvalue weighted by Crippen LogP contribution is 2.28. The van der Waals surface area contributed by atoms with Crippen LogP contribution >= 0.6 is 0 Å². The quantitative estimate of drug-likeness (QED) is 0.284. The third kappa shape index (κ3) is 3.49. The largest absolute Gasteiger partial charge is 0.409 e. The highest BCUT2D eigenvalue weighted by atomic mass is 16.4. The minimum atomic E-state index is -0.148. The maximum Gasteiger partial charge on any atom is 0.170 e. The first-order chi connectivity index (χ1) is 9.69. The summed E-state index contributed by atoms with van der Waals surface area (Å²) >= 11 is 0. The van der Waals surface area contributed by atoms with Gasteiger partial charge in [0.1, 0.15) is 0 Å². The lowest BCUT2D eigenvalue weighted by molar-refractivity contribution is 0.119. The number of amidine groups is 1. The number of benzene rings is 1. The standard InChI is InChI=1S/C15H23N3O2/c16-14(18-20)13-6-4-5-12(9-13)10-17-15(11-19)7-2-1-3-8-15/h4-6,9,17,19-20H,1-3,7-8,10-11H2,(H2,16,18). The molecule has 1 aliphatic carbocycles. The molecule has 5 N–H and O–H groups in total. The fourth-order valence-corrected chi connectivity index (χ4v) is 2.81. The molecule has 0 aliphatic heterocycles. The molecule has 0 bridgehead atoms. The Labute approximate surface area is 119 Å². The number of nitrogens with one attached hydrogen (secondary N) is 1. The Morgan fingerprint density at radius 2 is 2.05 bits per heavy atom. The van der Waals surface area contributed by atoms with Crippen molar-refractivity contribution < 1.29 is 10.3 Å². The highest BCUT2D eigenvalue weighted by molar-refractivity contribution is 5.97. The molecule has 20 heavy (non-hydrogen) atoms. The van der Waals surface area contributed by atoms with Gasteiger partial charge in [-0.25, -0.2) is 0 Å². The predicted molar refractivity (Wildman–Crippen MR) is 78.7 cm³/mol. The average molecular weight is 277 g/mol. The van der Waals surface area contributed by atoms with Gasteiger partial charge in [-0.05, 0) is 24.5 Å². The molecule has 0 atom stereocenters. The van der Waals surface area contributed by atoms with E-state index in [0.29, 0.717) is 12.1 Å². The summed E-state index contributed by atoms with van der Waals surface area (Å²) < 4.78 is 0. The van der Waals surface area contributed by atoms with Gasteiger partial charge in [0.05, 0.1) is 6.61 Å². The molecule has 1 saturated carbocycles. The van der Waals surface area contributed by atoms with Crippen molar-refractivity contribution in [2.24, 2.45) is 10.9 Å². The molecule has 5 nitrogen and oxygen atoms in total. The number of aliphatic hydroxyl groups is 1. The zero-order chi connectivity index (χ0) is 14.4. The van der Waals surface area contributed by atoms with Gasteiger partial charge in [0.15, 0.2) is 5.84 Å². The van der Waals surface area contributed by atoms with Gasteiger partial charge in [0.2, 0.25) is 0 Å². The van der Waals surface area contributed by atoms with Gasteiger partial charge in [0, 0.05) is 17.6 Å². The number of rotatable bonds is 5. The van der Waals surface area contributed by atoms with E-state index in [4.69, 9.17) is 10.9 Å². The molecule has 5 heteroatoms. The summed E-state index contributed by atoms with van der Waals surface area (Å²) in [5.41, 5.74) is 7.21. The van der Waals surface area contributed by atoms with Crippen molar-refractivity contribution >= 4 is 5.84 Å². The first-order valence-corrected chi connectivity index (χ1v) is 7.12. The lowest BCUT2D eigenvalue weighted by Crippen LogP contribution is -2.49. The second-order valence-electron chi connectivity index (χ2n) is 5.54. The van der Waals surface area contributed by atoms with Crippen LogP contribution in [0.3, 0.4) is 0 Å². The molecule has 1 aromatic rings. The Morgan fingerprint density at radius 1 is 1.30 bits per heavy atom. The zero-order valence-electron chi connectivity index (χ0n) is 11.7. The molecule has 1 aromatic carbocycles. The van der Waals surface area contributed by atoms with Crippen LogP contribution < -0.4 is 11.1 Å². The third-order valence-corrected chi connectivity index (χ3v) is 4.11. The molecular weight excluding hydrogens is 254 g/mol. The maximum atomic E-state index is 9.67. The van der Waals surface area contributed by atoms with E-state index in [1.165, 1.54) is 6.42 Å². The van der Waals surface area contributed by atoms with Gasteiger partial charge in [-0.2, -0.15) is 0 Å². The van der Waals surface area contributed by atoms with E-state index in [2.05, 4.69) is 10.5 Å². The predicted octanol–water partition coefficient (Wildman–Crippen LogP) is 1.57. The normalized spacial score (nSPS) is 18.9. The second-order valence-corrected chi connectivity index (χ2v) is 5.54. The molecule has 0 unspecified atom stereocenters. The Hall–Kier alpha value is -1.59. The van der Waals surface area contributed by atoms with Crippen LogP contribution in [-0.4, -0.2) is 28.3 Å². The van der Waals surface area contributed by atoms with E-state index in [1.807, 2.05) is 18.2 Å². The summed E-state index contributed by atoms with van der Waals surface area (Å²) in [7, 11) is 0. The van der Waals surface area contributed by atoms with Crippen molar-refractivity contribution in [3.8, 4) is 0 Å². The van der Waals surface area contributed by atoms with Crippen molar-refractivity contribution in [3.63, 3.8) is 0 Å². The van der Waals surface area contributed by atoms with Gasteiger partial charge in [-0.1, -0.05) is 42.6 Å². The summed E-state index contributed by atoms with van der Waals surface area (Å²) in [6.07, 6.45) is 5.62. The number of oxime groups is 1. The van der Waals surface area contributed by atoms with Crippen LogP contribution in [0.5, 0.6) is 0 Å². The fourth-order valence-electron chi connectivity index (χ4n) is 2.81. The average Bonchev–Trinajstić information content (AvgIpc) is 2.53. The summed E-state index contributed by atoms with van der Waals surface area (Å²) in [5.74, 6) is 0.112. The van der Waals surface area contributed by atoms with Crippen LogP contribution in [0.1, 0.15) is 43.2 Å². The van der Waals surface area contributed by atoms with Crippen LogP contribution in [0, 0.1) is 0 Å². The molecule has 110 valence electrons. The van der Waals surface area contributed by atoms with Crippen molar-refractivity contribution in [3.05, 3.63) is 35.4 Å².